The predicted octanol–water partition coefficient (Wildman–Crippen LogP) is 2.18. The van der Waals surface area contributed by atoms with Crippen LogP contribution in [0.25, 0.3) is 0 Å². The van der Waals surface area contributed by atoms with Crippen LogP contribution in [0.1, 0.15) is 21.5 Å². The van der Waals surface area contributed by atoms with E-state index in [0.717, 1.165) is 11.1 Å². The molecule has 1 rings (SSSR count). The molecule has 0 bridgehead atoms. The third-order valence-electron chi connectivity index (χ3n) is 1.82. The van der Waals surface area contributed by atoms with Gasteiger partial charge in [-0.05, 0) is 25.0 Å². The Balaban J connectivity index is 3.05. The van der Waals surface area contributed by atoms with Gasteiger partial charge in [-0.1, -0.05) is 18.2 Å². The molecule has 0 aromatic heterocycles. The summed E-state index contributed by atoms with van der Waals surface area (Å²) >= 11 is 0. The normalized spacial score (nSPS) is 9.77. The summed E-state index contributed by atoms with van der Waals surface area (Å²) in [6.45, 7) is 3.68. The molecule has 0 aliphatic carbocycles. The largest absolute Gasteiger partial charge is 0.373 e. The molecule has 0 amide bonds. The summed E-state index contributed by atoms with van der Waals surface area (Å²) in [6.07, 6.45) is 0. The molecule has 3 nitrogen and oxygen atoms in total. The van der Waals surface area contributed by atoms with E-state index in [4.69, 9.17) is 0 Å². The molecule has 0 N–H and O–H groups in total. The van der Waals surface area contributed by atoms with Crippen molar-refractivity contribution in [1.82, 2.24) is 0 Å². The molecule has 1 aromatic carbocycles. The lowest BCUT2D eigenvalue weighted by Crippen LogP contribution is -2.07. The third kappa shape index (κ3) is 2.06. The van der Waals surface area contributed by atoms with Gasteiger partial charge >= 0.3 is 5.97 Å². The summed E-state index contributed by atoms with van der Waals surface area (Å²) < 4.78 is 0. The number of hydrogen-bond donors (Lipinski definition) is 0. The monoisotopic (exact) mass is 179 g/mol. The number of rotatable bonds is 2. The highest BCUT2D eigenvalue weighted by Gasteiger charge is 2.13. The summed E-state index contributed by atoms with van der Waals surface area (Å²) in [5, 5.41) is 0. The molecule has 1 radical (unpaired) electrons. The van der Waals surface area contributed by atoms with E-state index in [-0.39, 0.29) is 0 Å². The van der Waals surface area contributed by atoms with Crippen molar-refractivity contribution < 1.29 is 14.6 Å². The molecular formula is C10H11O3. The fourth-order valence-corrected chi connectivity index (χ4v) is 1.23. The van der Waals surface area contributed by atoms with Gasteiger partial charge in [0.15, 0.2) is 0 Å². The highest BCUT2D eigenvalue weighted by Crippen LogP contribution is 2.14. The molecule has 0 saturated carbocycles. The van der Waals surface area contributed by atoms with Crippen LogP contribution in [0.5, 0.6) is 0 Å². The van der Waals surface area contributed by atoms with Crippen molar-refractivity contribution in [3.8, 4) is 0 Å². The maximum absolute atomic E-state index is 11.3. The lowest BCUT2D eigenvalue weighted by molar-refractivity contribution is -0.195. The average molecular weight is 179 g/mol. The molecule has 69 valence electrons. The second-order valence-electron chi connectivity index (χ2n) is 2.76. The van der Waals surface area contributed by atoms with E-state index in [1.165, 1.54) is 0 Å². The standard InChI is InChI=1S/C10H11O3/c1-7-5-4-6-8(2)9(7)10(11)13-12-3/h4-6H,3H2,1-2H3. The topological polar surface area (TPSA) is 35.5 Å². The minimum atomic E-state index is -0.509. The molecule has 3 heteroatoms. The fraction of sp³-hybridized carbons (Fsp3) is 0.200. The van der Waals surface area contributed by atoms with Gasteiger partial charge in [0.2, 0.25) is 0 Å². The molecule has 0 aliphatic heterocycles. The van der Waals surface area contributed by atoms with Crippen LogP contribution in [0.2, 0.25) is 0 Å². The second kappa shape index (κ2) is 4.05. The number of hydrogen-bond acceptors (Lipinski definition) is 3. The third-order valence-corrected chi connectivity index (χ3v) is 1.82. The van der Waals surface area contributed by atoms with Gasteiger partial charge in [0.1, 0.15) is 7.11 Å². The highest BCUT2D eigenvalue weighted by molar-refractivity contribution is 5.92. The zero-order chi connectivity index (χ0) is 9.84. The maximum atomic E-state index is 11.3. The first kappa shape index (κ1) is 9.74. The second-order valence-corrected chi connectivity index (χ2v) is 2.76. The lowest BCUT2D eigenvalue weighted by atomic mass is 10.0. The molecule has 0 atom stereocenters. The summed E-state index contributed by atoms with van der Waals surface area (Å²) in [5.41, 5.74) is 2.26. The van der Waals surface area contributed by atoms with Gasteiger partial charge in [0, 0.05) is 0 Å². The van der Waals surface area contributed by atoms with Crippen LogP contribution in [-0.2, 0) is 9.78 Å². The minimum absolute atomic E-state index is 0.509. The Morgan fingerprint density at radius 1 is 1.31 bits per heavy atom. The van der Waals surface area contributed by atoms with Gasteiger partial charge in [-0.15, -0.1) is 0 Å². The van der Waals surface area contributed by atoms with Crippen LogP contribution in [-0.4, -0.2) is 5.97 Å². The van der Waals surface area contributed by atoms with Crippen LogP contribution in [0.3, 0.4) is 0 Å². The SMILES string of the molecule is [CH2]OOC(=O)c1c(C)cccc1C. The Kier molecular flexibility index (Phi) is 3.03. The van der Waals surface area contributed by atoms with Crippen molar-refractivity contribution >= 4 is 5.97 Å². The average Bonchev–Trinajstić information content (AvgIpc) is 2.04. The highest BCUT2D eigenvalue weighted by atomic mass is 17.2. The van der Waals surface area contributed by atoms with Crippen LogP contribution in [0.4, 0.5) is 0 Å². The van der Waals surface area contributed by atoms with Crippen molar-refractivity contribution in [1.29, 1.82) is 0 Å². The van der Waals surface area contributed by atoms with Crippen LogP contribution in [0, 0.1) is 21.0 Å². The summed E-state index contributed by atoms with van der Waals surface area (Å²) in [7, 11) is 2.97. The van der Waals surface area contributed by atoms with E-state index in [0.29, 0.717) is 5.56 Å². The zero-order valence-electron chi connectivity index (χ0n) is 7.66. The van der Waals surface area contributed by atoms with Crippen molar-refractivity contribution in [2.45, 2.75) is 13.8 Å². The zero-order valence-corrected chi connectivity index (χ0v) is 7.66. The number of aryl methyl sites for hydroxylation is 2. The summed E-state index contributed by atoms with van der Waals surface area (Å²) in [6, 6.07) is 5.56. The van der Waals surface area contributed by atoms with Crippen molar-refractivity contribution in [3.63, 3.8) is 0 Å². The number of carbonyl (C=O) groups is 1. The molecular weight excluding hydrogens is 168 g/mol. The molecule has 0 aliphatic rings. The van der Waals surface area contributed by atoms with E-state index in [9.17, 15) is 4.79 Å². The molecule has 13 heavy (non-hydrogen) atoms. The van der Waals surface area contributed by atoms with Gasteiger partial charge in [0.05, 0.1) is 5.56 Å². The molecule has 0 unspecified atom stereocenters. The molecule has 0 saturated heterocycles. The smallest absolute Gasteiger partial charge is 0.293 e. The predicted molar refractivity (Wildman–Crippen MR) is 47.8 cm³/mol. The first-order valence-corrected chi connectivity index (χ1v) is 3.86. The van der Waals surface area contributed by atoms with Crippen molar-refractivity contribution in [3.05, 3.63) is 42.0 Å². The maximum Gasteiger partial charge on any atom is 0.373 e. The van der Waals surface area contributed by atoms with Gasteiger partial charge in [-0.25, -0.2) is 4.79 Å². The van der Waals surface area contributed by atoms with Crippen molar-refractivity contribution in [2.24, 2.45) is 0 Å². The Labute approximate surface area is 77.2 Å². The first-order chi connectivity index (χ1) is 6.16. The molecule has 1 aromatic rings. The number of carbonyl (C=O) groups excluding carboxylic acids is 1. The van der Waals surface area contributed by atoms with Gasteiger partial charge in [-0.2, -0.15) is 4.89 Å². The molecule has 0 fully saturated rings. The molecule has 0 spiro atoms. The fourth-order valence-electron chi connectivity index (χ4n) is 1.23. The molecule has 0 heterocycles. The lowest BCUT2D eigenvalue weighted by Gasteiger charge is -2.06. The Morgan fingerprint density at radius 2 is 1.85 bits per heavy atom. The Morgan fingerprint density at radius 3 is 2.31 bits per heavy atom. The van der Waals surface area contributed by atoms with Crippen LogP contribution in [0.15, 0.2) is 18.2 Å². The van der Waals surface area contributed by atoms with Gasteiger partial charge in [0.25, 0.3) is 0 Å². The van der Waals surface area contributed by atoms with Gasteiger partial charge in [-0.3, -0.25) is 4.89 Å². The Bertz CT molecular complexity index is 298. The quantitative estimate of drug-likeness (QED) is 0.515. The van der Waals surface area contributed by atoms with E-state index >= 15 is 0 Å². The summed E-state index contributed by atoms with van der Waals surface area (Å²) in [4.78, 5) is 19.7. The van der Waals surface area contributed by atoms with Gasteiger partial charge < -0.3 is 0 Å². The van der Waals surface area contributed by atoms with E-state index in [1.807, 2.05) is 32.0 Å². The first-order valence-electron chi connectivity index (χ1n) is 3.86. The van der Waals surface area contributed by atoms with Crippen LogP contribution >= 0.6 is 0 Å². The number of benzene rings is 1. The van der Waals surface area contributed by atoms with E-state index in [2.05, 4.69) is 16.9 Å². The minimum Gasteiger partial charge on any atom is -0.293 e. The van der Waals surface area contributed by atoms with E-state index < -0.39 is 5.97 Å². The van der Waals surface area contributed by atoms with E-state index in [1.54, 1.807) is 0 Å². The summed E-state index contributed by atoms with van der Waals surface area (Å²) in [5.74, 6) is -0.509. The van der Waals surface area contributed by atoms with Crippen molar-refractivity contribution in [2.75, 3.05) is 0 Å². The van der Waals surface area contributed by atoms with Crippen LogP contribution < -0.4 is 0 Å². The Hall–Kier alpha value is -1.35.